The molecule has 0 aromatic heterocycles. The fourth-order valence-electron chi connectivity index (χ4n) is 1.81. The van der Waals surface area contributed by atoms with Crippen LogP contribution in [0, 0.1) is 11.8 Å². The minimum atomic E-state index is 0.738. The van der Waals surface area contributed by atoms with E-state index in [0.29, 0.717) is 0 Å². The van der Waals surface area contributed by atoms with E-state index < -0.39 is 0 Å². The van der Waals surface area contributed by atoms with Gasteiger partial charge in [0.2, 0.25) is 0 Å². The highest BCUT2D eigenvalue weighted by atomic mass is 16.5. The largest absolute Gasteiger partial charge is 0.384 e. The van der Waals surface area contributed by atoms with Crippen molar-refractivity contribution in [3.63, 3.8) is 0 Å². The molecule has 1 aliphatic heterocycles. The summed E-state index contributed by atoms with van der Waals surface area (Å²) in [5.74, 6) is 1.62. The molecule has 1 N–H and O–H groups in total. The first-order valence-corrected chi connectivity index (χ1v) is 4.54. The summed E-state index contributed by atoms with van der Waals surface area (Å²) in [5.41, 5.74) is 0. The lowest BCUT2D eigenvalue weighted by Gasteiger charge is -2.27. The number of ether oxygens (including phenoxy) is 1. The molecule has 2 nitrogen and oxygen atoms in total. The molecule has 0 saturated carbocycles. The molecule has 0 unspecified atom stereocenters. The zero-order valence-electron chi connectivity index (χ0n) is 7.60. The standard InChI is InChI=1S/C9H19NO/c1-8(7-11-2)9-3-5-10-6-4-9/h8-10H,3-7H2,1-2H3/t8-/m1/s1. The van der Waals surface area contributed by atoms with Crippen LogP contribution in [0.3, 0.4) is 0 Å². The number of piperidine rings is 1. The van der Waals surface area contributed by atoms with Crippen molar-refractivity contribution in [1.82, 2.24) is 5.32 Å². The van der Waals surface area contributed by atoms with Gasteiger partial charge in [-0.25, -0.2) is 0 Å². The zero-order chi connectivity index (χ0) is 8.10. The summed E-state index contributed by atoms with van der Waals surface area (Å²) in [7, 11) is 1.79. The fourth-order valence-corrected chi connectivity index (χ4v) is 1.81. The second kappa shape index (κ2) is 4.73. The third-order valence-electron chi connectivity index (χ3n) is 2.62. The Balaban J connectivity index is 2.21. The maximum absolute atomic E-state index is 5.14. The summed E-state index contributed by atoms with van der Waals surface area (Å²) >= 11 is 0. The van der Waals surface area contributed by atoms with Gasteiger partial charge in [-0.2, -0.15) is 0 Å². The van der Waals surface area contributed by atoms with Crippen LogP contribution in [0.25, 0.3) is 0 Å². The van der Waals surface area contributed by atoms with Gasteiger partial charge in [0.15, 0.2) is 0 Å². The monoisotopic (exact) mass is 157 g/mol. The molecule has 0 bridgehead atoms. The quantitative estimate of drug-likeness (QED) is 0.666. The highest BCUT2D eigenvalue weighted by Gasteiger charge is 2.18. The smallest absolute Gasteiger partial charge is 0.0490 e. The SMILES string of the molecule is COC[C@@H](C)C1CCNCC1. The van der Waals surface area contributed by atoms with Crippen LogP contribution in [0.1, 0.15) is 19.8 Å². The Bertz CT molecular complexity index is 99.7. The van der Waals surface area contributed by atoms with Crippen LogP contribution in [0.2, 0.25) is 0 Å². The molecule has 0 spiro atoms. The number of hydrogen-bond donors (Lipinski definition) is 1. The van der Waals surface area contributed by atoms with Gasteiger partial charge in [-0.15, -0.1) is 0 Å². The van der Waals surface area contributed by atoms with Gasteiger partial charge in [-0.1, -0.05) is 6.92 Å². The van der Waals surface area contributed by atoms with E-state index in [4.69, 9.17) is 4.74 Å². The van der Waals surface area contributed by atoms with Crippen molar-refractivity contribution in [2.75, 3.05) is 26.8 Å². The molecule has 1 rings (SSSR count). The van der Waals surface area contributed by atoms with E-state index in [1.54, 1.807) is 7.11 Å². The number of nitrogens with one attached hydrogen (secondary N) is 1. The molecule has 1 aliphatic rings. The zero-order valence-corrected chi connectivity index (χ0v) is 7.60. The fraction of sp³-hybridized carbons (Fsp3) is 1.00. The van der Waals surface area contributed by atoms with Gasteiger partial charge >= 0.3 is 0 Å². The summed E-state index contributed by atoms with van der Waals surface area (Å²) in [6, 6.07) is 0. The van der Waals surface area contributed by atoms with E-state index in [2.05, 4.69) is 12.2 Å². The molecular weight excluding hydrogens is 138 g/mol. The van der Waals surface area contributed by atoms with E-state index >= 15 is 0 Å². The van der Waals surface area contributed by atoms with Crippen LogP contribution < -0.4 is 5.32 Å². The van der Waals surface area contributed by atoms with Gasteiger partial charge in [0.1, 0.15) is 0 Å². The molecule has 1 atom stereocenters. The molecular formula is C9H19NO. The van der Waals surface area contributed by atoms with Crippen LogP contribution in [0.4, 0.5) is 0 Å². The van der Waals surface area contributed by atoms with E-state index in [-0.39, 0.29) is 0 Å². The van der Waals surface area contributed by atoms with Gasteiger partial charge in [-0.05, 0) is 37.8 Å². The molecule has 0 amide bonds. The van der Waals surface area contributed by atoms with Crippen LogP contribution >= 0.6 is 0 Å². The molecule has 0 aromatic carbocycles. The molecule has 1 fully saturated rings. The Kier molecular flexibility index (Phi) is 3.87. The third-order valence-corrected chi connectivity index (χ3v) is 2.62. The maximum Gasteiger partial charge on any atom is 0.0490 e. The average molecular weight is 157 g/mol. The van der Waals surface area contributed by atoms with Gasteiger partial charge in [-0.3, -0.25) is 0 Å². The van der Waals surface area contributed by atoms with Crippen molar-refractivity contribution in [3.05, 3.63) is 0 Å². The lowest BCUT2D eigenvalue weighted by Crippen LogP contribution is -2.32. The second-order valence-electron chi connectivity index (χ2n) is 3.52. The Labute approximate surface area is 69.3 Å². The maximum atomic E-state index is 5.14. The summed E-state index contributed by atoms with van der Waals surface area (Å²) < 4.78 is 5.14. The summed E-state index contributed by atoms with van der Waals surface area (Å²) in [6.45, 7) is 5.60. The number of methoxy groups -OCH3 is 1. The Morgan fingerprint density at radius 1 is 1.45 bits per heavy atom. The van der Waals surface area contributed by atoms with E-state index in [1.807, 2.05) is 0 Å². The highest BCUT2D eigenvalue weighted by Crippen LogP contribution is 2.21. The number of rotatable bonds is 3. The average Bonchev–Trinajstić information content (AvgIpc) is 2.07. The lowest BCUT2D eigenvalue weighted by molar-refractivity contribution is 0.117. The van der Waals surface area contributed by atoms with E-state index in [9.17, 15) is 0 Å². The van der Waals surface area contributed by atoms with Crippen molar-refractivity contribution in [2.45, 2.75) is 19.8 Å². The van der Waals surface area contributed by atoms with Crippen LogP contribution in [0.15, 0.2) is 0 Å². The topological polar surface area (TPSA) is 21.3 Å². The number of hydrogen-bond acceptors (Lipinski definition) is 2. The highest BCUT2D eigenvalue weighted by molar-refractivity contribution is 4.72. The van der Waals surface area contributed by atoms with Gasteiger partial charge in [0.25, 0.3) is 0 Å². The molecule has 0 aliphatic carbocycles. The van der Waals surface area contributed by atoms with Gasteiger partial charge < -0.3 is 10.1 Å². The summed E-state index contributed by atoms with van der Waals surface area (Å²) in [6.07, 6.45) is 2.65. The molecule has 1 saturated heterocycles. The lowest BCUT2D eigenvalue weighted by atomic mass is 9.87. The molecule has 66 valence electrons. The first-order valence-electron chi connectivity index (χ1n) is 4.54. The van der Waals surface area contributed by atoms with Crippen LogP contribution in [-0.2, 0) is 4.74 Å². The second-order valence-corrected chi connectivity index (χ2v) is 3.52. The van der Waals surface area contributed by atoms with Gasteiger partial charge in [0.05, 0.1) is 0 Å². The normalized spacial score (nSPS) is 23.5. The predicted octanol–water partition coefficient (Wildman–Crippen LogP) is 1.27. The van der Waals surface area contributed by atoms with Crippen molar-refractivity contribution < 1.29 is 4.74 Å². The van der Waals surface area contributed by atoms with E-state index in [1.165, 1.54) is 25.9 Å². The van der Waals surface area contributed by atoms with Crippen molar-refractivity contribution in [3.8, 4) is 0 Å². The minimum absolute atomic E-state index is 0.738. The first-order chi connectivity index (χ1) is 5.34. The van der Waals surface area contributed by atoms with E-state index in [0.717, 1.165) is 18.4 Å². The van der Waals surface area contributed by atoms with Gasteiger partial charge in [0, 0.05) is 13.7 Å². The van der Waals surface area contributed by atoms with Crippen LogP contribution in [-0.4, -0.2) is 26.8 Å². The summed E-state index contributed by atoms with van der Waals surface area (Å²) in [4.78, 5) is 0. The Morgan fingerprint density at radius 2 is 2.09 bits per heavy atom. The van der Waals surface area contributed by atoms with Crippen molar-refractivity contribution in [1.29, 1.82) is 0 Å². The molecule has 2 heteroatoms. The molecule has 0 radical (unpaired) electrons. The summed E-state index contributed by atoms with van der Waals surface area (Å²) in [5, 5.41) is 3.37. The Morgan fingerprint density at radius 3 is 2.64 bits per heavy atom. The minimum Gasteiger partial charge on any atom is -0.384 e. The predicted molar refractivity (Wildman–Crippen MR) is 46.6 cm³/mol. The van der Waals surface area contributed by atoms with Crippen LogP contribution in [0.5, 0.6) is 0 Å². The molecule has 1 heterocycles. The molecule has 11 heavy (non-hydrogen) atoms. The molecule has 0 aromatic rings. The first kappa shape index (κ1) is 9.01. The Hall–Kier alpha value is -0.0800. The van der Waals surface area contributed by atoms with Crippen molar-refractivity contribution in [2.24, 2.45) is 11.8 Å². The van der Waals surface area contributed by atoms with Crippen molar-refractivity contribution >= 4 is 0 Å². The third kappa shape index (κ3) is 2.80.